The molecule has 0 unspecified atom stereocenters. The van der Waals surface area contributed by atoms with Crippen molar-refractivity contribution in [1.82, 2.24) is 4.98 Å². The smallest absolute Gasteiger partial charge is 0.416 e. The van der Waals surface area contributed by atoms with E-state index >= 15 is 0 Å². The number of phenolic OH excluding ortho intramolecular Hbond substituents is 1. The number of aryl methyl sites for hydroxylation is 1. The zero-order chi connectivity index (χ0) is 30.5. The van der Waals surface area contributed by atoms with Gasteiger partial charge in [0.2, 0.25) is 0 Å². The van der Waals surface area contributed by atoms with Crippen LogP contribution in [0.4, 0.5) is 17.6 Å². The molecule has 3 aromatic carbocycles. The number of aromatic hydroxyl groups is 1. The maximum Gasteiger partial charge on any atom is 0.416 e. The highest BCUT2D eigenvalue weighted by atomic mass is 19.4. The van der Waals surface area contributed by atoms with E-state index in [1.807, 2.05) is 12.1 Å². The number of phenols is 1. The van der Waals surface area contributed by atoms with Crippen LogP contribution in [0.25, 0.3) is 22.4 Å². The van der Waals surface area contributed by atoms with Crippen molar-refractivity contribution in [1.29, 1.82) is 0 Å². The van der Waals surface area contributed by atoms with Gasteiger partial charge in [0.1, 0.15) is 11.6 Å². The molecule has 1 fully saturated rings. The van der Waals surface area contributed by atoms with E-state index < -0.39 is 17.5 Å². The molecule has 4 aromatic rings. The van der Waals surface area contributed by atoms with Crippen LogP contribution in [0.1, 0.15) is 90.2 Å². The van der Waals surface area contributed by atoms with Gasteiger partial charge < -0.3 is 5.11 Å². The lowest BCUT2D eigenvalue weighted by Gasteiger charge is -2.31. The second-order valence-electron chi connectivity index (χ2n) is 12.7. The zero-order valence-electron chi connectivity index (χ0n) is 24.2. The number of hydrogen-bond donors (Lipinski definition) is 1. The number of fused-ring (bicyclic) bond motifs is 1. The largest absolute Gasteiger partial charge is 0.507 e. The van der Waals surface area contributed by atoms with E-state index in [1.165, 1.54) is 24.3 Å². The van der Waals surface area contributed by atoms with Gasteiger partial charge >= 0.3 is 6.18 Å². The summed E-state index contributed by atoms with van der Waals surface area (Å²) >= 11 is 0. The van der Waals surface area contributed by atoms with Crippen LogP contribution in [0, 0.1) is 11.2 Å². The van der Waals surface area contributed by atoms with Gasteiger partial charge in [0, 0.05) is 27.9 Å². The Hall–Kier alpha value is -4.00. The normalized spacial score (nSPS) is 16.7. The molecule has 0 amide bonds. The number of carbonyl (C=O) groups excluding carboxylic acids is 1. The van der Waals surface area contributed by atoms with Crippen molar-refractivity contribution in [3.8, 4) is 28.1 Å². The first-order valence-electron chi connectivity index (χ1n) is 14.8. The molecule has 0 spiro atoms. The average molecular weight is 588 g/mol. The van der Waals surface area contributed by atoms with Crippen LogP contribution in [-0.2, 0) is 19.0 Å². The molecule has 1 aromatic heterocycles. The summed E-state index contributed by atoms with van der Waals surface area (Å²) in [5.74, 6) is -0.624. The number of nitrogens with zero attached hydrogens (tertiary/aromatic N) is 1. The molecular formula is C36H33F4NO2. The van der Waals surface area contributed by atoms with Crippen molar-refractivity contribution in [3.05, 3.63) is 106 Å². The maximum atomic E-state index is 14.0. The first-order valence-corrected chi connectivity index (χ1v) is 14.8. The Balaban J connectivity index is 1.55. The first-order chi connectivity index (χ1) is 20.4. The number of pyridine rings is 1. The molecule has 0 atom stereocenters. The topological polar surface area (TPSA) is 50.2 Å². The number of rotatable bonds is 5. The monoisotopic (exact) mass is 587 g/mol. The minimum absolute atomic E-state index is 0.0175. The Kier molecular flexibility index (Phi) is 7.39. The SMILES string of the molecule is CC1(C)CCc2cc(C(=O)c3ccc(C(F)(F)F)cc3)c(-c3cc(O)c(-c4ccc(F)cc4)cc3C3CCCC3)nc2C1. The van der Waals surface area contributed by atoms with E-state index in [0.717, 1.165) is 73.9 Å². The van der Waals surface area contributed by atoms with Gasteiger partial charge in [-0.1, -0.05) is 51.0 Å². The molecule has 222 valence electrons. The molecule has 2 aliphatic carbocycles. The fourth-order valence-electron chi connectivity index (χ4n) is 6.57. The summed E-state index contributed by atoms with van der Waals surface area (Å²) in [7, 11) is 0. The van der Waals surface area contributed by atoms with E-state index in [0.29, 0.717) is 27.9 Å². The third-order valence-corrected chi connectivity index (χ3v) is 9.00. The molecule has 0 radical (unpaired) electrons. The standard InChI is InChI=1S/C36H33F4NO2/c1-35(2)16-15-24-17-30(34(43)23-7-11-25(12-8-23)36(38,39)40)33(41-31(24)20-35)29-19-32(42)28(22-9-13-26(37)14-10-22)18-27(29)21-5-3-4-6-21/h7-14,17-19,21,42H,3-6,15-16,20H2,1-2H3. The van der Waals surface area contributed by atoms with E-state index in [-0.39, 0.29) is 28.5 Å². The number of hydrogen-bond acceptors (Lipinski definition) is 3. The predicted molar refractivity (Wildman–Crippen MR) is 159 cm³/mol. The highest BCUT2D eigenvalue weighted by molar-refractivity contribution is 6.12. The minimum Gasteiger partial charge on any atom is -0.507 e. The molecule has 3 nitrogen and oxygen atoms in total. The van der Waals surface area contributed by atoms with Crippen LogP contribution < -0.4 is 0 Å². The van der Waals surface area contributed by atoms with Crippen molar-refractivity contribution >= 4 is 5.78 Å². The quantitative estimate of drug-likeness (QED) is 0.187. The fourth-order valence-corrected chi connectivity index (χ4v) is 6.57. The number of halogens is 4. The lowest BCUT2D eigenvalue weighted by atomic mass is 9.75. The third kappa shape index (κ3) is 5.82. The van der Waals surface area contributed by atoms with Crippen LogP contribution >= 0.6 is 0 Å². The Morgan fingerprint density at radius 3 is 2.26 bits per heavy atom. The first kappa shape index (κ1) is 29.1. The molecule has 1 N–H and O–H groups in total. The lowest BCUT2D eigenvalue weighted by Crippen LogP contribution is -2.24. The van der Waals surface area contributed by atoms with Crippen LogP contribution in [0.15, 0.2) is 66.7 Å². The molecule has 0 saturated heterocycles. The maximum absolute atomic E-state index is 14.0. The summed E-state index contributed by atoms with van der Waals surface area (Å²) in [6.07, 6.45) is 1.89. The van der Waals surface area contributed by atoms with Crippen molar-refractivity contribution < 1.29 is 27.5 Å². The van der Waals surface area contributed by atoms with Gasteiger partial charge in [0.05, 0.1) is 11.3 Å². The Bertz CT molecular complexity index is 1680. The number of benzene rings is 3. The fraction of sp³-hybridized carbons (Fsp3) is 0.333. The summed E-state index contributed by atoms with van der Waals surface area (Å²) in [4.78, 5) is 19.1. The highest BCUT2D eigenvalue weighted by Crippen LogP contribution is 2.46. The Morgan fingerprint density at radius 2 is 1.60 bits per heavy atom. The lowest BCUT2D eigenvalue weighted by molar-refractivity contribution is -0.137. The third-order valence-electron chi connectivity index (χ3n) is 9.00. The number of aromatic nitrogens is 1. The zero-order valence-corrected chi connectivity index (χ0v) is 24.2. The van der Waals surface area contributed by atoms with Gasteiger partial charge in [-0.3, -0.25) is 9.78 Å². The van der Waals surface area contributed by atoms with Gasteiger partial charge in [-0.2, -0.15) is 13.2 Å². The molecule has 0 aliphatic heterocycles. The molecule has 1 heterocycles. The van der Waals surface area contributed by atoms with Gasteiger partial charge in [-0.05, 0) is 103 Å². The average Bonchev–Trinajstić information content (AvgIpc) is 3.51. The van der Waals surface area contributed by atoms with Crippen LogP contribution in [-0.4, -0.2) is 15.9 Å². The van der Waals surface area contributed by atoms with Crippen LogP contribution in [0.5, 0.6) is 5.75 Å². The molecule has 7 heteroatoms. The number of carbonyl (C=O) groups is 1. The molecule has 2 aliphatic rings. The molecule has 1 saturated carbocycles. The van der Waals surface area contributed by atoms with E-state index in [2.05, 4.69) is 13.8 Å². The van der Waals surface area contributed by atoms with Gasteiger partial charge in [-0.25, -0.2) is 4.39 Å². The van der Waals surface area contributed by atoms with E-state index in [1.54, 1.807) is 18.2 Å². The van der Waals surface area contributed by atoms with E-state index in [9.17, 15) is 27.5 Å². The highest BCUT2D eigenvalue weighted by Gasteiger charge is 2.33. The van der Waals surface area contributed by atoms with E-state index in [4.69, 9.17) is 4.98 Å². The van der Waals surface area contributed by atoms with Crippen LogP contribution in [0.3, 0.4) is 0 Å². The second kappa shape index (κ2) is 10.9. The predicted octanol–water partition coefficient (Wildman–Crippen LogP) is 9.68. The molecule has 0 bridgehead atoms. The summed E-state index contributed by atoms with van der Waals surface area (Å²) in [5.41, 5.74) is 4.81. The van der Waals surface area contributed by atoms with Crippen molar-refractivity contribution in [2.75, 3.05) is 0 Å². The van der Waals surface area contributed by atoms with Gasteiger partial charge in [0.25, 0.3) is 0 Å². The van der Waals surface area contributed by atoms with Crippen LogP contribution in [0.2, 0.25) is 0 Å². The van der Waals surface area contributed by atoms with Crippen molar-refractivity contribution in [2.24, 2.45) is 5.41 Å². The van der Waals surface area contributed by atoms with Gasteiger partial charge in [-0.15, -0.1) is 0 Å². The minimum atomic E-state index is -4.51. The van der Waals surface area contributed by atoms with Crippen molar-refractivity contribution in [2.45, 2.75) is 70.9 Å². The summed E-state index contributed by atoms with van der Waals surface area (Å²) in [5, 5.41) is 11.3. The molecule has 6 rings (SSSR count). The molecule has 43 heavy (non-hydrogen) atoms. The molecular weight excluding hydrogens is 554 g/mol. The Morgan fingerprint density at radius 1 is 0.930 bits per heavy atom. The summed E-state index contributed by atoms with van der Waals surface area (Å²) < 4.78 is 53.4. The van der Waals surface area contributed by atoms with Crippen molar-refractivity contribution in [3.63, 3.8) is 0 Å². The summed E-state index contributed by atoms with van der Waals surface area (Å²) in [6.45, 7) is 4.37. The number of alkyl halides is 3. The second-order valence-corrected chi connectivity index (χ2v) is 12.7. The van der Waals surface area contributed by atoms with Gasteiger partial charge in [0.15, 0.2) is 5.78 Å². The summed E-state index contributed by atoms with van der Waals surface area (Å²) in [6, 6.07) is 15.7. The number of ketones is 1. The Labute approximate surface area is 248 Å².